The fourth-order valence-electron chi connectivity index (χ4n) is 1.03. The molecule has 92 valence electrons. The molecule has 0 aliphatic carbocycles. The minimum Gasteiger partial charge on any atom is -0.410 e. The van der Waals surface area contributed by atoms with Crippen LogP contribution < -0.4 is 10.1 Å². The molecule has 0 saturated heterocycles. The summed E-state index contributed by atoms with van der Waals surface area (Å²) in [6.45, 7) is 0.720. The van der Waals surface area contributed by atoms with Crippen LogP contribution in [0.2, 0.25) is 0 Å². The Morgan fingerprint density at radius 1 is 1.41 bits per heavy atom. The van der Waals surface area contributed by atoms with Crippen LogP contribution in [0, 0.1) is 10.1 Å². The Balaban J connectivity index is 2.46. The number of nitrogens with one attached hydrogen (secondary N) is 1. The van der Waals surface area contributed by atoms with Crippen molar-refractivity contribution < 1.29 is 19.2 Å². The smallest absolute Gasteiger partial charge is 0.410 e. The quantitative estimate of drug-likeness (QED) is 0.476. The average Bonchev–Trinajstić information content (AvgIpc) is 2.30. The van der Waals surface area contributed by atoms with E-state index in [-0.39, 0.29) is 11.4 Å². The Kier molecular flexibility index (Phi) is 4.89. The third-order valence-corrected chi connectivity index (χ3v) is 1.83. The molecule has 0 fully saturated rings. The second-order valence-corrected chi connectivity index (χ2v) is 3.06. The maximum absolute atomic E-state index is 11.2. The van der Waals surface area contributed by atoms with E-state index in [1.807, 2.05) is 0 Å². The number of nitro benzene ring substituents is 1. The van der Waals surface area contributed by atoms with Gasteiger partial charge in [-0.2, -0.15) is 0 Å². The third kappa shape index (κ3) is 4.47. The van der Waals surface area contributed by atoms with E-state index in [0.717, 1.165) is 0 Å². The zero-order valence-electron chi connectivity index (χ0n) is 9.21. The van der Waals surface area contributed by atoms with E-state index in [1.54, 1.807) is 0 Å². The molecular formula is C10H12N2O5. The largest absolute Gasteiger partial charge is 0.412 e. The van der Waals surface area contributed by atoms with E-state index in [2.05, 4.69) is 5.32 Å². The maximum atomic E-state index is 11.2. The molecule has 1 rings (SSSR count). The Morgan fingerprint density at radius 2 is 2.06 bits per heavy atom. The molecule has 0 radical (unpaired) electrons. The Hall–Kier alpha value is -2.15. The van der Waals surface area contributed by atoms with Gasteiger partial charge in [0, 0.05) is 25.8 Å². The minimum absolute atomic E-state index is 0.0582. The van der Waals surface area contributed by atoms with Gasteiger partial charge in [0.1, 0.15) is 5.75 Å². The summed E-state index contributed by atoms with van der Waals surface area (Å²) in [6.07, 6.45) is -0.629. The average molecular weight is 240 g/mol. The zero-order valence-corrected chi connectivity index (χ0v) is 9.21. The highest BCUT2D eigenvalue weighted by molar-refractivity contribution is 5.70. The van der Waals surface area contributed by atoms with Crippen LogP contribution in [0.15, 0.2) is 24.3 Å². The van der Waals surface area contributed by atoms with E-state index in [9.17, 15) is 14.9 Å². The second-order valence-electron chi connectivity index (χ2n) is 3.06. The molecule has 0 unspecified atom stereocenters. The number of rotatable bonds is 5. The van der Waals surface area contributed by atoms with Crippen molar-refractivity contribution in [2.75, 3.05) is 20.3 Å². The first-order valence-corrected chi connectivity index (χ1v) is 4.82. The van der Waals surface area contributed by atoms with E-state index >= 15 is 0 Å². The number of nitrogens with zero attached hydrogens (tertiary/aromatic N) is 1. The number of hydrogen-bond acceptors (Lipinski definition) is 5. The number of amides is 1. The lowest BCUT2D eigenvalue weighted by molar-refractivity contribution is -0.384. The van der Waals surface area contributed by atoms with Crippen molar-refractivity contribution in [2.24, 2.45) is 0 Å². The normalized spacial score (nSPS) is 9.71. The van der Waals surface area contributed by atoms with Crippen molar-refractivity contribution in [1.82, 2.24) is 5.32 Å². The van der Waals surface area contributed by atoms with Crippen LogP contribution in [-0.4, -0.2) is 31.3 Å². The van der Waals surface area contributed by atoms with Gasteiger partial charge in [-0.05, 0) is 12.1 Å². The molecular weight excluding hydrogens is 228 g/mol. The van der Waals surface area contributed by atoms with E-state index in [4.69, 9.17) is 9.47 Å². The van der Waals surface area contributed by atoms with Crippen molar-refractivity contribution in [2.45, 2.75) is 0 Å². The van der Waals surface area contributed by atoms with Gasteiger partial charge < -0.3 is 14.8 Å². The van der Waals surface area contributed by atoms with Crippen molar-refractivity contribution >= 4 is 11.8 Å². The van der Waals surface area contributed by atoms with Crippen molar-refractivity contribution in [3.05, 3.63) is 34.4 Å². The summed E-state index contributed by atoms with van der Waals surface area (Å²) in [7, 11) is 1.52. The summed E-state index contributed by atoms with van der Waals surface area (Å²) in [5, 5.41) is 12.8. The number of methoxy groups -OCH3 is 1. The molecule has 0 atom stereocenters. The van der Waals surface area contributed by atoms with E-state index in [0.29, 0.717) is 13.2 Å². The molecule has 1 amide bonds. The molecule has 0 saturated carbocycles. The molecule has 0 aliphatic heterocycles. The zero-order chi connectivity index (χ0) is 12.7. The third-order valence-electron chi connectivity index (χ3n) is 1.83. The molecule has 1 N–H and O–H groups in total. The van der Waals surface area contributed by atoms with Crippen molar-refractivity contribution in [3.63, 3.8) is 0 Å². The molecule has 0 heterocycles. The Morgan fingerprint density at radius 3 is 2.59 bits per heavy atom. The number of nitro groups is 1. The summed E-state index contributed by atoms with van der Waals surface area (Å²) in [5.41, 5.74) is -0.0582. The van der Waals surface area contributed by atoms with Gasteiger partial charge >= 0.3 is 6.09 Å². The van der Waals surface area contributed by atoms with Crippen LogP contribution in [0.5, 0.6) is 5.75 Å². The van der Waals surface area contributed by atoms with Gasteiger partial charge in [0.05, 0.1) is 11.5 Å². The highest BCUT2D eigenvalue weighted by Crippen LogP contribution is 2.17. The molecule has 0 aromatic heterocycles. The number of ether oxygens (including phenoxy) is 2. The van der Waals surface area contributed by atoms with Gasteiger partial charge in [-0.1, -0.05) is 0 Å². The maximum Gasteiger partial charge on any atom is 0.412 e. The predicted molar refractivity (Wildman–Crippen MR) is 59.0 cm³/mol. The minimum atomic E-state index is -0.629. The Labute approximate surface area is 97.5 Å². The summed E-state index contributed by atoms with van der Waals surface area (Å²) in [6, 6.07) is 5.23. The first-order valence-electron chi connectivity index (χ1n) is 4.82. The standard InChI is InChI=1S/C10H12N2O5/c1-16-7-6-11-10(13)17-9-4-2-8(3-5-9)12(14)15/h2-5H,6-7H2,1H3,(H,11,13). The monoisotopic (exact) mass is 240 g/mol. The number of carbonyl (C=O) groups is 1. The topological polar surface area (TPSA) is 90.7 Å². The molecule has 1 aromatic carbocycles. The summed E-state index contributed by atoms with van der Waals surface area (Å²) in [5.74, 6) is 0.241. The van der Waals surface area contributed by atoms with Crippen molar-refractivity contribution in [1.29, 1.82) is 0 Å². The number of hydrogen-bond donors (Lipinski definition) is 1. The van der Waals surface area contributed by atoms with E-state index in [1.165, 1.54) is 31.4 Å². The molecule has 7 nitrogen and oxygen atoms in total. The van der Waals surface area contributed by atoms with Crippen LogP contribution >= 0.6 is 0 Å². The lowest BCUT2D eigenvalue weighted by Gasteiger charge is -2.05. The number of carbonyl (C=O) groups excluding carboxylic acids is 1. The molecule has 7 heteroatoms. The molecule has 0 aliphatic rings. The summed E-state index contributed by atoms with van der Waals surface area (Å²) in [4.78, 5) is 21.0. The number of non-ortho nitro benzene ring substituents is 1. The van der Waals surface area contributed by atoms with Crippen LogP contribution in [0.4, 0.5) is 10.5 Å². The predicted octanol–water partition coefficient (Wildman–Crippen LogP) is 1.33. The van der Waals surface area contributed by atoms with E-state index < -0.39 is 11.0 Å². The second kappa shape index (κ2) is 6.44. The molecule has 0 bridgehead atoms. The van der Waals surface area contributed by atoms with Gasteiger partial charge in [0.25, 0.3) is 5.69 Å². The number of benzene rings is 1. The fraction of sp³-hybridized carbons (Fsp3) is 0.300. The molecule has 0 spiro atoms. The SMILES string of the molecule is COCCNC(=O)Oc1ccc([N+](=O)[O-])cc1. The van der Waals surface area contributed by atoms with Crippen molar-refractivity contribution in [3.8, 4) is 5.75 Å². The lowest BCUT2D eigenvalue weighted by atomic mass is 10.3. The van der Waals surface area contributed by atoms with Crippen LogP contribution in [0.3, 0.4) is 0 Å². The molecule has 17 heavy (non-hydrogen) atoms. The van der Waals surface area contributed by atoms with Crippen LogP contribution in [0.1, 0.15) is 0 Å². The lowest BCUT2D eigenvalue weighted by Crippen LogP contribution is -2.29. The van der Waals surface area contributed by atoms with Crippen LogP contribution in [0.25, 0.3) is 0 Å². The fourth-order valence-corrected chi connectivity index (χ4v) is 1.03. The molecule has 1 aromatic rings. The van der Waals surface area contributed by atoms with Gasteiger partial charge in [-0.15, -0.1) is 0 Å². The van der Waals surface area contributed by atoms with Gasteiger partial charge in [-0.25, -0.2) is 4.79 Å². The highest BCUT2D eigenvalue weighted by Gasteiger charge is 2.07. The van der Waals surface area contributed by atoms with Gasteiger partial charge in [0.15, 0.2) is 0 Å². The van der Waals surface area contributed by atoms with Gasteiger partial charge in [-0.3, -0.25) is 10.1 Å². The van der Waals surface area contributed by atoms with Gasteiger partial charge in [0.2, 0.25) is 0 Å². The first-order chi connectivity index (χ1) is 8.13. The summed E-state index contributed by atoms with van der Waals surface area (Å²) >= 11 is 0. The highest BCUT2D eigenvalue weighted by atomic mass is 16.6. The summed E-state index contributed by atoms with van der Waals surface area (Å²) < 4.78 is 9.61. The Bertz CT molecular complexity index is 390. The van der Waals surface area contributed by atoms with Crippen LogP contribution in [-0.2, 0) is 4.74 Å². The first kappa shape index (κ1) is 12.9.